The summed E-state index contributed by atoms with van der Waals surface area (Å²) in [6, 6.07) is 8.49. The van der Waals surface area contributed by atoms with E-state index in [-0.39, 0.29) is 10.9 Å². The highest BCUT2D eigenvalue weighted by molar-refractivity contribution is 6.31. The van der Waals surface area contributed by atoms with E-state index in [4.69, 9.17) is 27.9 Å². The number of methoxy groups -OCH3 is 1. The zero-order valence-electron chi connectivity index (χ0n) is 12.5. The third kappa shape index (κ3) is 4.50. The lowest BCUT2D eigenvalue weighted by atomic mass is 10.2. The Morgan fingerprint density at radius 2 is 1.96 bits per heavy atom. The molecule has 0 heterocycles. The highest BCUT2D eigenvalue weighted by Gasteiger charge is 2.15. The molecular formula is C16H15Cl2FN2O2. The zero-order valence-corrected chi connectivity index (χ0v) is 14.0. The second-order valence-electron chi connectivity index (χ2n) is 4.83. The Hall–Kier alpha value is -1.98. The molecule has 0 saturated carbocycles. The molecule has 1 atom stereocenters. The van der Waals surface area contributed by atoms with Gasteiger partial charge in [0.15, 0.2) is 0 Å². The number of carbonyl (C=O) groups excluding carboxylic acids is 1. The van der Waals surface area contributed by atoms with Crippen molar-refractivity contribution in [1.29, 1.82) is 0 Å². The Kier molecular flexibility index (Phi) is 5.69. The van der Waals surface area contributed by atoms with Gasteiger partial charge in [0, 0.05) is 10.7 Å². The second kappa shape index (κ2) is 7.53. The minimum atomic E-state index is -0.583. The van der Waals surface area contributed by atoms with Crippen LogP contribution in [-0.4, -0.2) is 19.1 Å². The highest BCUT2D eigenvalue weighted by atomic mass is 35.5. The van der Waals surface area contributed by atoms with Crippen LogP contribution in [0.15, 0.2) is 36.4 Å². The van der Waals surface area contributed by atoms with Crippen molar-refractivity contribution in [2.75, 3.05) is 17.7 Å². The molecule has 0 unspecified atom stereocenters. The Morgan fingerprint density at radius 1 is 1.22 bits per heavy atom. The zero-order chi connectivity index (χ0) is 17.0. The van der Waals surface area contributed by atoms with Crippen molar-refractivity contribution in [2.45, 2.75) is 13.0 Å². The average Bonchev–Trinajstić information content (AvgIpc) is 2.51. The molecule has 7 heteroatoms. The molecule has 0 aliphatic carbocycles. The van der Waals surface area contributed by atoms with Gasteiger partial charge in [-0.1, -0.05) is 23.2 Å². The molecule has 0 spiro atoms. The summed E-state index contributed by atoms with van der Waals surface area (Å²) >= 11 is 11.6. The van der Waals surface area contributed by atoms with Gasteiger partial charge in [0.2, 0.25) is 5.91 Å². The van der Waals surface area contributed by atoms with Crippen molar-refractivity contribution < 1.29 is 13.9 Å². The number of anilines is 2. The van der Waals surface area contributed by atoms with Crippen molar-refractivity contribution >= 4 is 40.5 Å². The first-order chi connectivity index (χ1) is 10.9. The van der Waals surface area contributed by atoms with Crippen LogP contribution in [0.1, 0.15) is 6.92 Å². The fourth-order valence-corrected chi connectivity index (χ4v) is 2.27. The normalized spacial score (nSPS) is 11.7. The van der Waals surface area contributed by atoms with E-state index in [0.29, 0.717) is 22.1 Å². The predicted molar refractivity (Wildman–Crippen MR) is 91.1 cm³/mol. The van der Waals surface area contributed by atoms with Crippen molar-refractivity contribution in [3.05, 3.63) is 52.3 Å². The number of benzene rings is 2. The maximum atomic E-state index is 13.1. The number of rotatable bonds is 5. The molecular weight excluding hydrogens is 342 g/mol. The van der Waals surface area contributed by atoms with Gasteiger partial charge in [0.25, 0.3) is 0 Å². The summed E-state index contributed by atoms with van der Waals surface area (Å²) in [5, 5.41) is 6.14. The van der Waals surface area contributed by atoms with E-state index in [2.05, 4.69) is 10.6 Å². The molecule has 0 fully saturated rings. The molecule has 0 aliphatic heterocycles. The summed E-state index contributed by atoms with van der Waals surface area (Å²) in [5.41, 5.74) is 1.01. The van der Waals surface area contributed by atoms with Crippen LogP contribution in [0.2, 0.25) is 10.0 Å². The lowest BCUT2D eigenvalue weighted by Gasteiger charge is -2.17. The van der Waals surface area contributed by atoms with E-state index in [1.165, 1.54) is 25.3 Å². The van der Waals surface area contributed by atoms with Gasteiger partial charge in [-0.3, -0.25) is 4.79 Å². The van der Waals surface area contributed by atoms with Crippen molar-refractivity contribution in [1.82, 2.24) is 0 Å². The second-order valence-corrected chi connectivity index (χ2v) is 5.67. The summed E-state index contributed by atoms with van der Waals surface area (Å²) in [6.07, 6.45) is 0. The number of ether oxygens (including phenoxy) is 1. The van der Waals surface area contributed by atoms with E-state index in [1.807, 2.05) is 0 Å². The number of hydrogen-bond acceptors (Lipinski definition) is 3. The van der Waals surface area contributed by atoms with Crippen LogP contribution in [0.3, 0.4) is 0 Å². The monoisotopic (exact) mass is 356 g/mol. The van der Waals surface area contributed by atoms with Crippen LogP contribution in [0.25, 0.3) is 0 Å². The SMILES string of the molecule is COc1ccc(Cl)cc1NC(=O)[C@@H](C)Nc1ccc(F)c(Cl)c1. The first kappa shape index (κ1) is 17.4. The smallest absolute Gasteiger partial charge is 0.246 e. The van der Waals surface area contributed by atoms with E-state index in [0.717, 1.165) is 0 Å². The van der Waals surface area contributed by atoms with Gasteiger partial charge in [0.05, 0.1) is 17.8 Å². The van der Waals surface area contributed by atoms with Gasteiger partial charge in [-0.15, -0.1) is 0 Å². The third-order valence-corrected chi connectivity index (χ3v) is 3.64. The number of nitrogens with one attached hydrogen (secondary N) is 2. The van der Waals surface area contributed by atoms with Crippen LogP contribution in [-0.2, 0) is 4.79 Å². The maximum absolute atomic E-state index is 13.1. The lowest BCUT2D eigenvalue weighted by Crippen LogP contribution is -2.32. The maximum Gasteiger partial charge on any atom is 0.246 e. The summed E-state index contributed by atoms with van der Waals surface area (Å²) < 4.78 is 18.3. The molecule has 0 aromatic heterocycles. The molecule has 0 saturated heterocycles. The fourth-order valence-electron chi connectivity index (χ4n) is 1.92. The Bertz CT molecular complexity index is 725. The predicted octanol–water partition coefficient (Wildman–Crippen LogP) is 4.58. The van der Waals surface area contributed by atoms with E-state index in [1.54, 1.807) is 25.1 Å². The Labute approximate surface area is 143 Å². The fraction of sp³-hybridized carbons (Fsp3) is 0.188. The molecule has 2 aromatic carbocycles. The van der Waals surface area contributed by atoms with Gasteiger partial charge >= 0.3 is 0 Å². The molecule has 1 amide bonds. The first-order valence-electron chi connectivity index (χ1n) is 6.76. The van der Waals surface area contributed by atoms with E-state index in [9.17, 15) is 9.18 Å². The van der Waals surface area contributed by atoms with Crippen LogP contribution in [0.4, 0.5) is 15.8 Å². The molecule has 2 N–H and O–H groups in total. The molecule has 23 heavy (non-hydrogen) atoms. The Morgan fingerprint density at radius 3 is 2.61 bits per heavy atom. The number of halogens is 3. The summed E-state index contributed by atoms with van der Waals surface area (Å²) in [5.74, 6) is -0.316. The van der Waals surface area contributed by atoms with Crippen molar-refractivity contribution in [2.24, 2.45) is 0 Å². The van der Waals surface area contributed by atoms with E-state index < -0.39 is 11.9 Å². The standard InChI is InChI=1S/C16H15Cl2FN2O2/c1-9(20-11-4-5-13(19)12(18)8-11)16(22)21-14-7-10(17)3-6-15(14)23-2/h3-9,20H,1-2H3,(H,21,22)/t9-/m1/s1. The van der Waals surface area contributed by atoms with E-state index >= 15 is 0 Å². The van der Waals surface area contributed by atoms with Gasteiger partial charge in [0.1, 0.15) is 17.6 Å². The first-order valence-corrected chi connectivity index (χ1v) is 7.52. The van der Waals surface area contributed by atoms with Crippen LogP contribution in [0, 0.1) is 5.82 Å². The molecule has 0 bridgehead atoms. The van der Waals surface area contributed by atoms with Crippen LogP contribution in [0.5, 0.6) is 5.75 Å². The van der Waals surface area contributed by atoms with Crippen molar-refractivity contribution in [3.63, 3.8) is 0 Å². The van der Waals surface area contributed by atoms with Gasteiger partial charge in [-0.25, -0.2) is 4.39 Å². The van der Waals surface area contributed by atoms with Gasteiger partial charge < -0.3 is 15.4 Å². The quantitative estimate of drug-likeness (QED) is 0.824. The largest absolute Gasteiger partial charge is 0.495 e. The summed E-state index contributed by atoms with van der Waals surface area (Å²) in [4.78, 5) is 12.3. The highest BCUT2D eigenvalue weighted by Crippen LogP contribution is 2.28. The molecule has 2 aromatic rings. The number of amides is 1. The molecule has 4 nitrogen and oxygen atoms in total. The molecule has 0 aliphatic rings. The van der Waals surface area contributed by atoms with Gasteiger partial charge in [-0.05, 0) is 43.3 Å². The third-order valence-electron chi connectivity index (χ3n) is 3.12. The number of hydrogen-bond donors (Lipinski definition) is 2. The molecule has 122 valence electrons. The van der Waals surface area contributed by atoms with Gasteiger partial charge in [-0.2, -0.15) is 0 Å². The summed E-state index contributed by atoms with van der Waals surface area (Å²) in [6.45, 7) is 1.67. The molecule has 0 radical (unpaired) electrons. The van der Waals surface area contributed by atoms with Crippen LogP contribution < -0.4 is 15.4 Å². The lowest BCUT2D eigenvalue weighted by molar-refractivity contribution is -0.116. The minimum absolute atomic E-state index is 0.0147. The van der Waals surface area contributed by atoms with Crippen LogP contribution >= 0.6 is 23.2 Å². The number of carbonyl (C=O) groups is 1. The Balaban J connectivity index is 2.08. The topological polar surface area (TPSA) is 50.4 Å². The van der Waals surface area contributed by atoms with Crippen molar-refractivity contribution in [3.8, 4) is 5.75 Å². The minimum Gasteiger partial charge on any atom is -0.495 e. The summed E-state index contributed by atoms with van der Waals surface area (Å²) in [7, 11) is 1.50. The molecule has 2 rings (SSSR count). The average molecular weight is 357 g/mol.